The van der Waals surface area contributed by atoms with Crippen LogP contribution in [0.25, 0.3) is 11.4 Å². The van der Waals surface area contributed by atoms with Gasteiger partial charge in [0.15, 0.2) is 11.0 Å². The first-order valence-corrected chi connectivity index (χ1v) is 11.6. The molecular formula is C24H23ClN4O2S. The maximum absolute atomic E-state index is 12.7. The number of benzene rings is 2. The molecule has 0 radical (unpaired) electrons. The van der Waals surface area contributed by atoms with Crippen LogP contribution in [-0.2, 0) is 11.3 Å². The van der Waals surface area contributed by atoms with Gasteiger partial charge in [0, 0.05) is 16.3 Å². The quantitative estimate of drug-likeness (QED) is 0.318. The van der Waals surface area contributed by atoms with Gasteiger partial charge in [-0.05, 0) is 41.8 Å². The summed E-state index contributed by atoms with van der Waals surface area (Å²) in [6.45, 7) is 4.66. The van der Waals surface area contributed by atoms with Gasteiger partial charge in [0.1, 0.15) is 5.76 Å². The van der Waals surface area contributed by atoms with Crippen molar-refractivity contribution in [1.82, 2.24) is 14.8 Å². The molecule has 0 aliphatic rings. The number of anilines is 1. The van der Waals surface area contributed by atoms with Gasteiger partial charge in [-0.3, -0.25) is 9.36 Å². The molecule has 0 spiro atoms. The lowest BCUT2D eigenvalue weighted by Gasteiger charge is -2.13. The van der Waals surface area contributed by atoms with Gasteiger partial charge in [-0.2, -0.15) is 0 Å². The Bertz CT molecular complexity index is 1200. The molecule has 0 aliphatic heterocycles. The number of amides is 1. The van der Waals surface area contributed by atoms with Crippen molar-refractivity contribution in [3.63, 3.8) is 0 Å². The van der Waals surface area contributed by atoms with E-state index in [1.165, 1.54) is 11.8 Å². The summed E-state index contributed by atoms with van der Waals surface area (Å²) < 4.78 is 7.46. The number of hydrogen-bond acceptors (Lipinski definition) is 5. The summed E-state index contributed by atoms with van der Waals surface area (Å²) in [5.41, 5.74) is 2.79. The number of carbonyl (C=O) groups is 1. The summed E-state index contributed by atoms with van der Waals surface area (Å²) in [4.78, 5) is 12.7. The second kappa shape index (κ2) is 10.1. The Kier molecular flexibility index (Phi) is 6.97. The molecule has 32 heavy (non-hydrogen) atoms. The van der Waals surface area contributed by atoms with Crippen LogP contribution < -0.4 is 5.32 Å². The lowest BCUT2D eigenvalue weighted by molar-refractivity contribution is -0.113. The van der Waals surface area contributed by atoms with Gasteiger partial charge in [0.05, 0.1) is 18.6 Å². The molecule has 2 aromatic heterocycles. The molecule has 2 aromatic carbocycles. The van der Waals surface area contributed by atoms with Crippen molar-refractivity contribution in [2.75, 3.05) is 11.1 Å². The van der Waals surface area contributed by atoms with Gasteiger partial charge < -0.3 is 9.73 Å². The molecule has 6 nitrogen and oxygen atoms in total. The summed E-state index contributed by atoms with van der Waals surface area (Å²) in [5.74, 6) is 1.86. The third-order valence-electron chi connectivity index (χ3n) is 4.88. The van der Waals surface area contributed by atoms with Crippen LogP contribution in [0.5, 0.6) is 0 Å². The molecule has 164 valence electrons. The maximum Gasteiger partial charge on any atom is 0.234 e. The van der Waals surface area contributed by atoms with Gasteiger partial charge in [-0.1, -0.05) is 67.5 Å². The predicted octanol–water partition coefficient (Wildman–Crippen LogP) is 6.09. The Labute approximate surface area is 196 Å². The first kappa shape index (κ1) is 22.2. The van der Waals surface area contributed by atoms with Crippen molar-refractivity contribution >= 4 is 35.0 Å². The molecule has 0 unspecified atom stereocenters. The third kappa shape index (κ3) is 5.23. The summed E-state index contributed by atoms with van der Waals surface area (Å²) in [5, 5.41) is 13.0. The van der Waals surface area contributed by atoms with E-state index in [1.54, 1.807) is 6.26 Å². The summed E-state index contributed by atoms with van der Waals surface area (Å²) in [7, 11) is 0. The molecule has 1 N–H and O–H groups in total. The molecular weight excluding hydrogens is 444 g/mol. The minimum Gasteiger partial charge on any atom is -0.467 e. The number of aromatic nitrogens is 3. The lowest BCUT2D eigenvalue weighted by atomic mass is 10.0. The van der Waals surface area contributed by atoms with Gasteiger partial charge in [0.2, 0.25) is 5.91 Å². The minimum absolute atomic E-state index is 0.0973. The molecule has 0 saturated carbocycles. The van der Waals surface area contributed by atoms with Crippen LogP contribution in [0.4, 0.5) is 5.69 Å². The normalized spacial score (nSPS) is 11.1. The topological polar surface area (TPSA) is 73.0 Å². The average Bonchev–Trinajstić information content (AvgIpc) is 3.43. The van der Waals surface area contributed by atoms with Gasteiger partial charge in [0.25, 0.3) is 0 Å². The van der Waals surface area contributed by atoms with E-state index in [9.17, 15) is 4.79 Å². The largest absolute Gasteiger partial charge is 0.467 e. The highest BCUT2D eigenvalue weighted by atomic mass is 35.5. The second-order valence-corrected chi connectivity index (χ2v) is 8.94. The zero-order chi connectivity index (χ0) is 22.5. The Morgan fingerprint density at radius 1 is 1.12 bits per heavy atom. The van der Waals surface area contributed by atoms with E-state index >= 15 is 0 Å². The van der Waals surface area contributed by atoms with Crippen LogP contribution in [-0.4, -0.2) is 26.4 Å². The van der Waals surface area contributed by atoms with Crippen molar-refractivity contribution < 1.29 is 9.21 Å². The number of furan rings is 1. The highest BCUT2D eigenvalue weighted by Crippen LogP contribution is 2.28. The molecule has 0 fully saturated rings. The third-order valence-corrected chi connectivity index (χ3v) is 6.08. The molecule has 4 aromatic rings. The number of rotatable bonds is 8. The molecule has 0 saturated heterocycles. The molecule has 8 heteroatoms. The molecule has 1 amide bonds. The molecule has 4 rings (SSSR count). The lowest BCUT2D eigenvalue weighted by Crippen LogP contribution is -2.16. The highest BCUT2D eigenvalue weighted by Gasteiger charge is 2.18. The highest BCUT2D eigenvalue weighted by molar-refractivity contribution is 7.99. The first-order chi connectivity index (χ1) is 15.5. The molecule has 0 aliphatic carbocycles. The fourth-order valence-corrected chi connectivity index (χ4v) is 4.30. The summed E-state index contributed by atoms with van der Waals surface area (Å²) in [6, 6.07) is 19.0. The van der Waals surface area contributed by atoms with E-state index in [0.717, 1.165) is 22.6 Å². The number of hydrogen-bond donors (Lipinski definition) is 1. The molecule has 0 bridgehead atoms. The van der Waals surface area contributed by atoms with Gasteiger partial charge in [-0.15, -0.1) is 10.2 Å². The van der Waals surface area contributed by atoms with E-state index in [4.69, 9.17) is 16.0 Å². The van der Waals surface area contributed by atoms with Gasteiger partial charge >= 0.3 is 0 Å². The van der Waals surface area contributed by atoms with E-state index in [2.05, 4.69) is 29.4 Å². The Morgan fingerprint density at radius 2 is 1.97 bits per heavy atom. The smallest absolute Gasteiger partial charge is 0.234 e. The molecule has 2 heterocycles. The van der Waals surface area contributed by atoms with Gasteiger partial charge in [-0.25, -0.2) is 0 Å². The Hall–Kier alpha value is -3.03. The number of carbonyl (C=O) groups excluding carboxylic acids is 1. The zero-order valence-electron chi connectivity index (χ0n) is 17.8. The van der Waals surface area contributed by atoms with Crippen LogP contribution in [0.3, 0.4) is 0 Å². The van der Waals surface area contributed by atoms with E-state index < -0.39 is 0 Å². The van der Waals surface area contributed by atoms with Crippen LogP contribution in [0.1, 0.15) is 31.1 Å². The van der Waals surface area contributed by atoms with Crippen molar-refractivity contribution in [2.45, 2.75) is 31.5 Å². The summed E-state index contributed by atoms with van der Waals surface area (Å²) >= 11 is 7.51. The van der Waals surface area contributed by atoms with Crippen molar-refractivity contribution in [3.8, 4) is 11.4 Å². The first-order valence-electron chi connectivity index (χ1n) is 10.2. The number of nitrogens with zero attached hydrogens (tertiary/aromatic N) is 3. The van der Waals surface area contributed by atoms with Crippen molar-refractivity contribution in [1.29, 1.82) is 0 Å². The van der Waals surface area contributed by atoms with Crippen molar-refractivity contribution in [3.05, 3.63) is 83.3 Å². The Morgan fingerprint density at radius 3 is 2.72 bits per heavy atom. The fraction of sp³-hybridized carbons (Fsp3) is 0.208. The maximum atomic E-state index is 12.7. The number of nitrogens with one attached hydrogen (secondary N) is 1. The minimum atomic E-state index is -0.0973. The van der Waals surface area contributed by atoms with Crippen LogP contribution in [0.15, 0.2) is 76.5 Å². The van der Waals surface area contributed by atoms with E-state index in [0.29, 0.717) is 28.5 Å². The average molecular weight is 467 g/mol. The number of halogens is 1. The predicted molar refractivity (Wildman–Crippen MR) is 128 cm³/mol. The molecule has 0 atom stereocenters. The monoisotopic (exact) mass is 466 g/mol. The van der Waals surface area contributed by atoms with Crippen LogP contribution in [0, 0.1) is 0 Å². The zero-order valence-corrected chi connectivity index (χ0v) is 19.4. The van der Waals surface area contributed by atoms with Crippen molar-refractivity contribution in [2.24, 2.45) is 0 Å². The second-order valence-electron chi connectivity index (χ2n) is 7.56. The number of thioether (sulfide) groups is 1. The SMILES string of the molecule is CC(C)c1ccccc1NC(=O)CSc1nnc(-c2cccc(Cl)c2)n1Cc1ccco1. The summed E-state index contributed by atoms with van der Waals surface area (Å²) in [6.07, 6.45) is 1.63. The number of para-hydroxylation sites is 1. The van der Waals surface area contributed by atoms with E-state index in [-0.39, 0.29) is 11.7 Å². The van der Waals surface area contributed by atoms with E-state index in [1.807, 2.05) is 65.2 Å². The Balaban J connectivity index is 1.54. The van der Waals surface area contributed by atoms with Crippen LogP contribution in [0.2, 0.25) is 5.02 Å². The standard InChI is InChI=1S/C24H23ClN4O2S/c1-16(2)20-10-3-4-11-21(20)26-22(30)15-32-24-28-27-23(17-7-5-8-18(25)13-17)29(24)14-19-9-6-12-31-19/h3-13,16H,14-15H2,1-2H3,(H,26,30). The van der Waals surface area contributed by atoms with Crippen LogP contribution >= 0.6 is 23.4 Å². The fourth-order valence-electron chi connectivity index (χ4n) is 3.37.